The van der Waals surface area contributed by atoms with Crippen LogP contribution in [0.3, 0.4) is 0 Å². The third kappa shape index (κ3) is 3.32. The van der Waals surface area contributed by atoms with Gasteiger partial charge in [0.15, 0.2) is 5.65 Å². The smallest absolute Gasteiger partial charge is 0.271 e. The number of nitrogens with zero attached hydrogens (tertiary/aromatic N) is 3. The van der Waals surface area contributed by atoms with Crippen LogP contribution in [-0.2, 0) is 11.2 Å². The summed E-state index contributed by atoms with van der Waals surface area (Å²) in [5, 5.41) is 6.04. The van der Waals surface area contributed by atoms with Crippen LogP contribution in [0.2, 0.25) is 0 Å². The second kappa shape index (κ2) is 7.15. The maximum Gasteiger partial charge on any atom is 0.271 e. The van der Waals surface area contributed by atoms with E-state index in [2.05, 4.69) is 25.9 Å². The van der Waals surface area contributed by atoms with E-state index in [1.54, 1.807) is 23.1 Å². The molecule has 0 unspecified atom stereocenters. The summed E-state index contributed by atoms with van der Waals surface area (Å²) in [5.41, 5.74) is 7.80. The first-order valence-corrected chi connectivity index (χ1v) is 9.00. The Bertz CT molecular complexity index is 1170. The van der Waals surface area contributed by atoms with E-state index < -0.39 is 5.91 Å². The molecule has 8 nitrogen and oxygen atoms in total. The van der Waals surface area contributed by atoms with Crippen molar-refractivity contribution in [1.82, 2.24) is 30.6 Å². The maximum absolute atomic E-state index is 12.3. The topological polar surface area (TPSA) is 105 Å². The van der Waals surface area contributed by atoms with Gasteiger partial charge in [-0.05, 0) is 31.5 Å². The molecule has 3 aromatic heterocycles. The first kappa shape index (κ1) is 17.7. The van der Waals surface area contributed by atoms with Gasteiger partial charge in [0, 0.05) is 34.7 Å². The third-order valence-electron chi connectivity index (χ3n) is 4.53. The number of hydrogen-bond acceptors (Lipinski definition) is 4. The van der Waals surface area contributed by atoms with E-state index in [0.29, 0.717) is 5.56 Å². The fourth-order valence-corrected chi connectivity index (χ4v) is 3.14. The lowest BCUT2D eigenvalue weighted by Gasteiger charge is -2.08. The molecule has 0 bridgehead atoms. The highest BCUT2D eigenvalue weighted by molar-refractivity contribution is 5.98. The number of carbonyl (C=O) groups is 2. The van der Waals surface area contributed by atoms with Crippen molar-refractivity contribution in [3.8, 4) is 0 Å². The number of nitrogens with one attached hydrogen (secondary N) is 3. The van der Waals surface area contributed by atoms with Crippen LogP contribution < -0.4 is 10.9 Å². The van der Waals surface area contributed by atoms with Gasteiger partial charge >= 0.3 is 0 Å². The van der Waals surface area contributed by atoms with Crippen molar-refractivity contribution in [1.29, 1.82) is 0 Å². The molecule has 0 saturated heterocycles. The molecule has 0 radical (unpaired) electrons. The lowest BCUT2D eigenvalue weighted by atomic mass is 10.1. The normalized spacial score (nSPS) is 11.2. The Labute approximate surface area is 160 Å². The Hall–Kier alpha value is -3.68. The summed E-state index contributed by atoms with van der Waals surface area (Å²) in [6.07, 6.45) is 5.11. The zero-order valence-corrected chi connectivity index (χ0v) is 15.6. The van der Waals surface area contributed by atoms with E-state index >= 15 is 0 Å². The van der Waals surface area contributed by atoms with Crippen LogP contribution >= 0.6 is 0 Å². The van der Waals surface area contributed by atoms with Crippen molar-refractivity contribution < 1.29 is 9.59 Å². The number of aromatic amines is 1. The van der Waals surface area contributed by atoms with Gasteiger partial charge < -0.3 is 4.98 Å². The van der Waals surface area contributed by atoms with Crippen LogP contribution in [0.25, 0.3) is 21.9 Å². The molecule has 2 amide bonds. The Morgan fingerprint density at radius 2 is 2.00 bits per heavy atom. The zero-order chi connectivity index (χ0) is 19.7. The lowest BCUT2D eigenvalue weighted by molar-refractivity contribution is -0.121. The van der Waals surface area contributed by atoms with E-state index in [4.69, 9.17) is 0 Å². The van der Waals surface area contributed by atoms with Crippen LogP contribution in [0.15, 0.2) is 48.9 Å². The average molecular weight is 376 g/mol. The molecule has 0 spiro atoms. The molecule has 0 saturated carbocycles. The molecule has 4 rings (SSSR count). The van der Waals surface area contributed by atoms with Gasteiger partial charge in [0.2, 0.25) is 5.91 Å². The van der Waals surface area contributed by atoms with Crippen molar-refractivity contribution in [3.63, 3.8) is 0 Å². The van der Waals surface area contributed by atoms with Gasteiger partial charge in [-0.15, -0.1) is 0 Å². The SMILES string of the molecule is CC(C)n1ncc2cc(C(=O)NNC(=O)Cc3c[nH]c4ccccc34)cnc21. The van der Waals surface area contributed by atoms with Gasteiger partial charge in [0.1, 0.15) is 0 Å². The maximum atomic E-state index is 12.3. The molecule has 0 aliphatic heterocycles. The van der Waals surface area contributed by atoms with Gasteiger partial charge in [-0.2, -0.15) is 5.10 Å². The molecule has 142 valence electrons. The first-order chi connectivity index (χ1) is 13.5. The largest absolute Gasteiger partial charge is 0.361 e. The highest BCUT2D eigenvalue weighted by Crippen LogP contribution is 2.18. The number of carbonyl (C=O) groups excluding carboxylic acids is 2. The number of H-pyrrole nitrogens is 1. The fraction of sp³-hybridized carbons (Fsp3) is 0.200. The Morgan fingerprint density at radius 3 is 2.82 bits per heavy atom. The van der Waals surface area contributed by atoms with Crippen LogP contribution in [0, 0.1) is 0 Å². The van der Waals surface area contributed by atoms with E-state index in [-0.39, 0.29) is 18.4 Å². The van der Waals surface area contributed by atoms with Crippen molar-refractivity contribution in [2.75, 3.05) is 0 Å². The lowest BCUT2D eigenvalue weighted by Crippen LogP contribution is -2.42. The monoisotopic (exact) mass is 376 g/mol. The highest BCUT2D eigenvalue weighted by atomic mass is 16.2. The minimum Gasteiger partial charge on any atom is -0.361 e. The van der Waals surface area contributed by atoms with Crippen LogP contribution in [0.4, 0.5) is 0 Å². The molecule has 3 heterocycles. The number of benzene rings is 1. The summed E-state index contributed by atoms with van der Waals surface area (Å²) in [7, 11) is 0. The number of amides is 2. The van der Waals surface area contributed by atoms with Gasteiger partial charge in [-0.1, -0.05) is 18.2 Å². The number of para-hydroxylation sites is 1. The van der Waals surface area contributed by atoms with Gasteiger partial charge in [-0.25, -0.2) is 9.67 Å². The highest BCUT2D eigenvalue weighted by Gasteiger charge is 2.13. The summed E-state index contributed by atoms with van der Waals surface area (Å²) in [6.45, 7) is 4.02. The zero-order valence-electron chi connectivity index (χ0n) is 15.6. The Balaban J connectivity index is 1.41. The van der Waals surface area contributed by atoms with Gasteiger partial charge in [0.25, 0.3) is 5.91 Å². The molecule has 1 aromatic carbocycles. The molecular formula is C20H20N6O2. The fourth-order valence-electron chi connectivity index (χ4n) is 3.14. The quantitative estimate of drug-likeness (QED) is 0.476. The molecule has 0 atom stereocenters. The molecule has 4 aromatic rings. The van der Waals surface area contributed by atoms with E-state index in [1.807, 2.05) is 38.1 Å². The number of pyridine rings is 1. The summed E-state index contributed by atoms with van der Waals surface area (Å²) in [5.74, 6) is -0.737. The molecule has 8 heteroatoms. The molecular weight excluding hydrogens is 356 g/mol. The Morgan fingerprint density at radius 1 is 1.18 bits per heavy atom. The van der Waals surface area contributed by atoms with Crippen LogP contribution in [0.1, 0.15) is 35.8 Å². The van der Waals surface area contributed by atoms with E-state index in [9.17, 15) is 9.59 Å². The predicted molar refractivity (Wildman–Crippen MR) is 106 cm³/mol. The summed E-state index contributed by atoms with van der Waals surface area (Å²) < 4.78 is 1.79. The van der Waals surface area contributed by atoms with Crippen molar-refractivity contribution in [2.24, 2.45) is 0 Å². The summed E-state index contributed by atoms with van der Waals surface area (Å²) in [6, 6.07) is 9.63. The summed E-state index contributed by atoms with van der Waals surface area (Å²) >= 11 is 0. The molecule has 3 N–H and O–H groups in total. The van der Waals surface area contributed by atoms with Crippen molar-refractivity contribution >= 4 is 33.8 Å². The number of hydrazine groups is 1. The minimum absolute atomic E-state index is 0.155. The number of fused-ring (bicyclic) bond motifs is 2. The molecule has 0 aliphatic rings. The second-order valence-electron chi connectivity index (χ2n) is 6.86. The van der Waals surface area contributed by atoms with E-state index in [0.717, 1.165) is 27.5 Å². The Kier molecular flexibility index (Phi) is 4.52. The standard InChI is InChI=1S/C20H20N6O2/c1-12(2)26-19-14(11-23-26)7-15(10-22-19)20(28)25-24-18(27)8-13-9-21-17-6-4-3-5-16(13)17/h3-7,9-12,21H,8H2,1-2H3,(H,24,27)(H,25,28). The minimum atomic E-state index is -0.432. The van der Waals surface area contributed by atoms with Crippen LogP contribution in [-0.4, -0.2) is 31.6 Å². The summed E-state index contributed by atoms with van der Waals surface area (Å²) in [4.78, 5) is 32.0. The van der Waals surface area contributed by atoms with Gasteiger partial charge in [0.05, 0.1) is 18.2 Å². The molecule has 0 fully saturated rings. The van der Waals surface area contributed by atoms with E-state index in [1.165, 1.54) is 6.20 Å². The third-order valence-corrected chi connectivity index (χ3v) is 4.53. The number of hydrogen-bond donors (Lipinski definition) is 3. The molecule has 0 aliphatic carbocycles. The predicted octanol–water partition coefficient (Wildman–Crippen LogP) is 2.50. The second-order valence-corrected chi connectivity index (χ2v) is 6.86. The number of aromatic nitrogens is 4. The number of rotatable bonds is 4. The van der Waals surface area contributed by atoms with Gasteiger partial charge in [-0.3, -0.25) is 20.4 Å². The average Bonchev–Trinajstić information content (AvgIpc) is 3.30. The van der Waals surface area contributed by atoms with Crippen LogP contribution in [0.5, 0.6) is 0 Å². The first-order valence-electron chi connectivity index (χ1n) is 9.00. The molecule has 28 heavy (non-hydrogen) atoms. The van der Waals surface area contributed by atoms with Crippen molar-refractivity contribution in [3.05, 3.63) is 60.0 Å². The van der Waals surface area contributed by atoms with Crippen molar-refractivity contribution in [2.45, 2.75) is 26.3 Å².